The SMILES string of the molecule is CC(C)[C@H](NC(=O)[C@@H](NC(=O)[C@@H](Cc1c[nH]c2ccccc12)NC(=O)[C@H](Cc1ccc(O)cc1)NC(=O)[C@H](CS)NC(=O)[C@@H](N)Cc1ccc2ccccc2c1)C(C)N)C(=O)N[C@@H](CS)C(=O)N[C@H](C(N)=O)[C@@H](C)O. The molecule has 0 aliphatic rings. The number of H-pyrrole nitrogens is 1. The average Bonchev–Trinajstić information content (AvgIpc) is 3.78. The molecule has 5 aromatic rings. The Hall–Kier alpha value is -7.18. The second-order valence-electron chi connectivity index (χ2n) is 18.7. The van der Waals surface area contributed by atoms with Crippen LogP contribution < -0.4 is 54.4 Å². The zero-order valence-electron chi connectivity index (χ0n) is 41.9. The summed E-state index contributed by atoms with van der Waals surface area (Å²) in [6.07, 6.45) is 0.172. The number of hydrogen-bond acceptors (Lipinski definition) is 14. The molecule has 1 aromatic heterocycles. The lowest BCUT2D eigenvalue weighted by Crippen LogP contribution is -2.64. The number of rotatable bonds is 26. The summed E-state index contributed by atoms with van der Waals surface area (Å²) < 4.78 is 0. The fourth-order valence-electron chi connectivity index (χ4n) is 8.14. The summed E-state index contributed by atoms with van der Waals surface area (Å²) in [5.74, 6) is -7.86. The van der Waals surface area contributed by atoms with Gasteiger partial charge in [-0.15, -0.1) is 0 Å². The molecule has 0 saturated heterocycles. The van der Waals surface area contributed by atoms with Gasteiger partial charge >= 0.3 is 0 Å². The molecule has 4 aromatic carbocycles. The third-order valence-corrected chi connectivity index (χ3v) is 13.1. The van der Waals surface area contributed by atoms with Crippen molar-refractivity contribution in [3.05, 3.63) is 114 Å². The molecule has 5 rings (SSSR count). The first-order valence-electron chi connectivity index (χ1n) is 24.2. The zero-order valence-corrected chi connectivity index (χ0v) is 43.7. The summed E-state index contributed by atoms with van der Waals surface area (Å²) in [6.45, 7) is 5.92. The number of phenolic OH excluding ortho intramolecular Hbond substituents is 1. The number of aliphatic hydroxyl groups excluding tert-OH is 1. The molecule has 402 valence electrons. The highest BCUT2D eigenvalue weighted by molar-refractivity contribution is 7.80. The van der Waals surface area contributed by atoms with E-state index in [9.17, 15) is 48.6 Å². The molecule has 10 atom stereocenters. The minimum atomic E-state index is -1.51. The van der Waals surface area contributed by atoms with Gasteiger partial charge in [0.15, 0.2) is 0 Å². The van der Waals surface area contributed by atoms with E-state index in [1.54, 1.807) is 38.2 Å². The number of aliphatic hydroxyl groups is 1. The summed E-state index contributed by atoms with van der Waals surface area (Å²) in [7, 11) is 0. The van der Waals surface area contributed by atoms with Crippen molar-refractivity contribution >= 4 is 94.2 Å². The number of nitrogens with one attached hydrogen (secondary N) is 8. The molecule has 0 radical (unpaired) electrons. The number of primary amides is 1. The minimum absolute atomic E-state index is 0.0526. The summed E-state index contributed by atoms with van der Waals surface area (Å²) in [5, 5.41) is 40.8. The maximum Gasteiger partial charge on any atom is 0.244 e. The van der Waals surface area contributed by atoms with E-state index in [2.05, 4.69) is 67.5 Å². The van der Waals surface area contributed by atoms with E-state index in [0.717, 1.165) is 27.2 Å². The fraction of sp³-hybridized carbons (Fsp3) is 0.385. The standard InChI is InChI=1S/C52H67N11O10S2/c1-26(2)42(51(72)60-41(25-75)50(71)63-44(28(4)64)45(55)66)61-52(73)43(27(3)53)62-48(69)39(22-33-23-56-37-12-8-7-11-35(33)37)58-47(68)38(21-29-14-17-34(65)18-15-29)57-49(70)40(24-74)59-46(67)36(54)20-30-13-16-31-9-5-6-10-32(31)19-30/h5-19,23,26-28,36,38-44,56,64-65,74-75H,20-22,24-25,53-54H2,1-4H3,(H2,55,66)(H,57,70)(H,58,68)(H,59,67)(H,60,72)(H,61,73)(H,62,69)(H,63,71)/t27?,28-,36+,38+,39-,40+,41+,42+,43+,44+/m1/s1. The number of aromatic amines is 1. The molecule has 0 fully saturated rings. The summed E-state index contributed by atoms with van der Waals surface area (Å²) in [5.41, 5.74) is 20.6. The first kappa shape index (κ1) is 58.7. The highest BCUT2D eigenvalue weighted by Gasteiger charge is 2.36. The first-order valence-corrected chi connectivity index (χ1v) is 25.5. The molecule has 75 heavy (non-hydrogen) atoms. The third kappa shape index (κ3) is 16.4. The number of amides is 8. The predicted octanol–water partition coefficient (Wildman–Crippen LogP) is -0.496. The average molecular weight is 1070 g/mol. The summed E-state index contributed by atoms with van der Waals surface area (Å²) >= 11 is 8.49. The van der Waals surface area contributed by atoms with E-state index in [-0.39, 0.29) is 36.5 Å². The van der Waals surface area contributed by atoms with Crippen molar-refractivity contribution in [3.8, 4) is 5.75 Å². The van der Waals surface area contributed by atoms with Crippen molar-refractivity contribution in [2.24, 2.45) is 23.1 Å². The highest BCUT2D eigenvalue weighted by Crippen LogP contribution is 2.21. The molecule has 23 heteroatoms. The number of benzene rings is 4. The van der Waals surface area contributed by atoms with Crippen LogP contribution in [0.5, 0.6) is 5.75 Å². The number of aromatic hydroxyl groups is 1. The van der Waals surface area contributed by atoms with E-state index in [1.807, 2.05) is 60.7 Å². The lowest BCUT2D eigenvalue weighted by atomic mass is 10.00. The summed E-state index contributed by atoms with van der Waals surface area (Å²) in [6, 6.07) is 14.7. The lowest BCUT2D eigenvalue weighted by Gasteiger charge is -2.30. The number of aromatic nitrogens is 1. The normalized spacial score (nSPS) is 15.4. The Kier molecular flexibility index (Phi) is 21.4. The monoisotopic (exact) mass is 1070 g/mol. The molecule has 0 aliphatic heterocycles. The molecular weight excluding hydrogens is 1000 g/mol. The molecule has 0 aliphatic carbocycles. The topological polar surface area (TPSA) is 355 Å². The Balaban J connectivity index is 1.37. The van der Waals surface area contributed by atoms with Gasteiger partial charge < -0.3 is 69.6 Å². The van der Waals surface area contributed by atoms with Gasteiger partial charge in [-0.2, -0.15) is 25.3 Å². The van der Waals surface area contributed by atoms with Crippen molar-refractivity contribution in [1.82, 2.24) is 42.2 Å². The molecule has 16 N–H and O–H groups in total. The molecule has 0 bridgehead atoms. The zero-order chi connectivity index (χ0) is 55.1. The van der Waals surface area contributed by atoms with Gasteiger partial charge in [0.05, 0.1) is 12.1 Å². The van der Waals surface area contributed by atoms with Gasteiger partial charge in [0.2, 0.25) is 47.3 Å². The van der Waals surface area contributed by atoms with E-state index >= 15 is 0 Å². The maximum absolute atomic E-state index is 14.6. The number of carbonyl (C=O) groups excluding carboxylic acids is 8. The van der Waals surface area contributed by atoms with Gasteiger partial charge in [-0.1, -0.05) is 86.6 Å². The van der Waals surface area contributed by atoms with Crippen LogP contribution >= 0.6 is 25.3 Å². The van der Waals surface area contributed by atoms with Gasteiger partial charge in [0, 0.05) is 47.5 Å². The molecule has 0 saturated carbocycles. The van der Waals surface area contributed by atoms with Crippen LogP contribution in [-0.4, -0.2) is 134 Å². The van der Waals surface area contributed by atoms with Crippen LogP contribution in [-0.2, 0) is 57.6 Å². The number of carbonyl (C=O) groups is 8. The Morgan fingerprint density at radius 3 is 1.64 bits per heavy atom. The Bertz CT molecular complexity index is 2830. The van der Waals surface area contributed by atoms with Crippen molar-refractivity contribution in [3.63, 3.8) is 0 Å². The number of fused-ring (bicyclic) bond motifs is 2. The second kappa shape index (κ2) is 27.4. The van der Waals surface area contributed by atoms with Gasteiger partial charge in [-0.3, -0.25) is 38.4 Å². The Labute approximate surface area is 444 Å². The van der Waals surface area contributed by atoms with E-state index in [1.165, 1.54) is 26.0 Å². The fourth-order valence-corrected chi connectivity index (χ4v) is 8.66. The minimum Gasteiger partial charge on any atom is -0.508 e. The maximum atomic E-state index is 14.6. The molecular formula is C52H67N11O10S2. The van der Waals surface area contributed by atoms with Crippen LogP contribution in [0.1, 0.15) is 44.4 Å². The quantitative estimate of drug-likeness (QED) is 0.0312. The van der Waals surface area contributed by atoms with Gasteiger partial charge in [-0.25, -0.2) is 0 Å². The Morgan fingerprint density at radius 2 is 1.04 bits per heavy atom. The molecule has 1 unspecified atom stereocenters. The van der Waals surface area contributed by atoms with Crippen molar-refractivity contribution in [1.29, 1.82) is 0 Å². The van der Waals surface area contributed by atoms with Crippen LogP contribution in [0.15, 0.2) is 97.2 Å². The van der Waals surface area contributed by atoms with E-state index in [4.69, 9.17) is 17.2 Å². The molecule has 21 nitrogen and oxygen atoms in total. The number of nitrogens with two attached hydrogens (primary N) is 3. The van der Waals surface area contributed by atoms with Crippen LogP contribution in [0.4, 0.5) is 0 Å². The number of thiol groups is 2. The molecule has 0 spiro atoms. The van der Waals surface area contributed by atoms with Gasteiger partial charge in [0.25, 0.3) is 0 Å². The smallest absolute Gasteiger partial charge is 0.244 e. The van der Waals surface area contributed by atoms with Crippen LogP contribution in [0.3, 0.4) is 0 Å². The second-order valence-corrected chi connectivity index (χ2v) is 19.5. The Morgan fingerprint density at radius 1 is 0.547 bits per heavy atom. The predicted molar refractivity (Wildman–Crippen MR) is 290 cm³/mol. The first-order chi connectivity index (χ1) is 35.6. The van der Waals surface area contributed by atoms with E-state index in [0.29, 0.717) is 11.1 Å². The molecule has 1 heterocycles. The molecule has 8 amide bonds. The highest BCUT2D eigenvalue weighted by atomic mass is 32.1. The van der Waals surface area contributed by atoms with Crippen molar-refractivity contribution in [2.45, 2.75) is 107 Å². The number of para-hydroxylation sites is 1. The van der Waals surface area contributed by atoms with Gasteiger partial charge in [-0.05, 0) is 71.8 Å². The number of phenols is 1. The van der Waals surface area contributed by atoms with Crippen LogP contribution in [0, 0.1) is 5.92 Å². The van der Waals surface area contributed by atoms with E-state index < -0.39 is 114 Å². The van der Waals surface area contributed by atoms with Crippen LogP contribution in [0.2, 0.25) is 0 Å². The van der Waals surface area contributed by atoms with Crippen molar-refractivity contribution < 1.29 is 48.6 Å². The third-order valence-electron chi connectivity index (χ3n) is 12.4. The van der Waals surface area contributed by atoms with Crippen molar-refractivity contribution in [2.75, 3.05) is 11.5 Å². The van der Waals surface area contributed by atoms with Gasteiger partial charge in [0.1, 0.15) is 48.0 Å². The summed E-state index contributed by atoms with van der Waals surface area (Å²) in [4.78, 5) is 113. The number of hydrogen-bond donors (Lipinski definition) is 15. The largest absolute Gasteiger partial charge is 0.508 e. The lowest BCUT2D eigenvalue weighted by molar-refractivity contribution is -0.136. The van der Waals surface area contributed by atoms with Crippen LogP contribution in [0.25, 0.3) is 21.7 Å².